The minimum absolute atomic E-state index is 0.0497. The zero-order chi connectivity index (χ0) is 33.3. The Balaban J connectivity index is 1.31. The zero-order valence-electron chi connectivity index (χ0n) is 27.2. The predicted octanol–water partition coefficient (Wildman–Crippen LogP) is 2.51. The molecular weight excluding hydrogens is 612 g/mol. The maximum absolute atomic E-state index is 14.6. The molecule has 13 heteroatoms. The fourth-order valence-electron chi connectivity index (χ4n) is 6.54. The van der Waals surface area contributed by atoms with E-state index in [0.29, 0.717) is 67.3 Å². The van der Waals surface area contributed by atoms with E-state index in [0.717, 1.165) is 18.4 Å². The molecule has 0 aliphatic carbocycles. The second kappa shape index (κ2) is 15.2. The van der Waals surface area contributed by atoms with E-state index >= 15 is 0 Å². The number of hydrogen-bond donors (Lipinski definition) is 3. The molecule has 1 fully saturated rings. The highest BCUT2D eigenvalue weighted by Gasteiger charge is 2.40. The second-order valence-electron chi connectivity index (χ2n) is 12.4. The molecule has 6 rings (SSSR count). The van der Waals surface area contributed by atoms with Crippen molar-refractivity contribution >= 4 is 34.6 Å². The number of carbonyl (C=O) groups is 3. The molecule has 0 saturated carbocycles. The molecule has 1 unspecified atom stereocenters. The maximum Gasteiger partial charge on any atom is 0.270 e. The Morgan fingerprint density at radius 2 is 1.85 bits per heavy atom. The highest BCUT2D eigenvalue weighted by molar-refractivity contribution is 6.05. The van der Waals surface area contributed by atoms with Crippen molar-refractivity contribution in [2.24, 2.45) is 5.41 Å². The fraction of sp³-hybridized carbons (Fsp3) is 0.429. The number of anilines is 1. The third-order valence-corrected chi connectivity index (χ3v) is 9.06. The van der Waals surface area contributed by atoms with Gasteiger partial charge in [0.2, 0.25) is 11.9 Å². The van der Waals surface area contributed by atoms with Gasteiger partial charge in [-0.3, -0.25) is 19.1 Å². The first-order valence-corrected chi connectivity index (χ1v) is 16.5. The van der Waals surface area contributed by atoms with Gasteiger partial charge in [0, 0.05) is 63.7 Å². The van der Waals surface area contributed by atoms with Crippen LogP contribution in [0.1, 0.15) is 41.7 Å². The first kappa shape index (κ1) is 32.9. The van der Waals surface area contributed by atoms with Crippen LogP contribution >= 0.6 is 0 Å². The first-order chi connectivity index (χ1) is 23.4. The van der Waals surface area contributed by atoms with Crippen molar-refractivity contribution < 1.29 is 23.9 Å². The Morgan fingerprint density at radius 3 is 2.67 bits per heavy atom. The SMILES string of the molecule is COCCCC1(C(=O)NC2CCN(c3ncccn3)CC2)CNC(=O)c2c3ccccc3nn2CCNC(=O)COc2cccc(c2)C1. The molecule has 48 heavy (non-hydrogen) atoms. The summed E-state index contributed by atoms with van der Waals surface area (Å²) < 4.78 is 12.9. The number of ether oxygens (including phenoxy) is 2. The Hall–Kier alpha value is -5.04. The Kier molecular flexibility index (Phi) is 10.4. The van der Waals surface area contributed by atoms with Gasteiger partial charge in [-0.2, -0.15) is 5.10 Å². The summed E-state index contributed by atoms with van der Waals surface area (Å²) in [6.07, 6.45) is 6.36. The summed E-state index contributed by atoms with van der Waals surface area (Å²) in [6, 6.07) is 16.6. The van der Waals surface area contributed by atoms with E-state index in [1.54, 1.807) is 36.3 Å². The Bertz CT molecular complexity index is 1720. The van der Waals surface area contributed by atoms with Crippen LogP contribution in [0.5, 0.6) is 5.75 Å². The molecule has 2 aliphatic heterocycles. The van der Waals surface area contributed by atoms with Crippen molar-refractivity contribution in [2.75, 3.05) is 51.4 Å². The molecule has 2 bridgehead atoms. The van der Waals surface area contributed by atoms with Gasteiger partial charge in [0.1, 0.15) is 11.4 Å². The predicted molar refractivity (Wildman–Crippen MR) is 180 cm³/mol. The molecule has 2 aromatic carbocycles. The quantitative estimate of drug-likeness (QED) is 0.255. The second-order valence-corrected chi connectivity index (χ2v) is 12.4. The van der Waals surface area contributed by atoms with E-state index in [-0.39, 0.29) is 50.0 Å². The molecular formula is C35H42N8O5. The molecule has 2 aromatic heterocycles. The van der Waals surface area contributed by atoms with Crippen molar-refractivity contribution in [2.45, 2.75) is 44.7 Å². The number of hydrogen-bond acceptors (Lipinski definition) is 9. The number of rotatable bonds is 7. The third-order valence-electron chi connectivity index (χ3n) is 9.06. The van der Waals surface area contributed by atoms with E-state index < -0.39 is 5.41 Å². The summed E-state index contributed by atoms with van der Waals surface area (Å²) in [5.74, 6) is 0.470. The molecule has 1 saturated heterocycles. The number of benzene rings is 2. The highest BCUT2D eigenvalue weighted by Crippen LogP contribution is 2.32. The molecule has 3 amide bonds. The summed E-state index contributed by atoms with van der Waals surface area (Å²) >= 11 is 0. The van der Waals surface area contributed by atoms with Crippen molar-refractivity contribution in [1.29, 1.82) is 0 Å². The van der Waals surface area contributed by atoms with Crippen LogP contribution in [0, 0.1) is 5.41 Å². The largest absolute Gasteiger partial charge is 0.484 e. The lowest BCUT2D eigenvalue weighted by molar-refractivity contribution is -0.132. The van der Waals surface area contributed by atoms with E-state index in [2.05, 4.69) is 35.9 Å². The minimum Gasteiger partial charge on any atom is -0.484 e. The van der Waals surface area contributed by atoms with Crippen LogP contribution in [0.2, 0.25) is 0 Å². The van der Waals surface area contributed by atoms with Gasteiger partial charge in [-0.05, 0) is 61.9 Å². The lowest BCUT2D eigenvalue weighted by Gasteiger charge is -2.37. The number of methoxy groups -OCH3 is 1. The maximum atomic E-state index is 14.6. The van der Waals surface area contributed by atoms with E-state index in [4.69, 9.17) is 9.47 Å². The van der Waals surface area contributed by atoms with Gasteiger partial charge < -0.3 is 30.3 Å². The molecule has 0 radical (unpaired) electrons. The lowest BCUT2D eigenvalue weighted by Crippen LogP contribution is -2.54. The number of piperidine rings is 1. The fourth-order valence-corrected chi connectivity index (χ4v) is 6.54. The van der Waals surface area contributed by atoms with Gasteiger partial charge in [-0.25, -0.2) is 9.97 Å². The van der Waals surface area contributed by atoms with Crippen molar-refractivity contribution in [1.82, 2.24) is 35.7 Å². The average Bonchev–Trinajstić information content (AvgIpc) is 3.48. The van der Waals surface area contributed by atoms with Crippen LogP contribution in [-0.4, -0.2) is 90.0 Å². The van der Waals surface area contributed by atoms with E-state index in [1.807, 2.05) is 42.5 Å². The van der Waals surface area contributed by atoms with Crippen LogP contribution in [0.15, 0.2) is 67.0 Å². The third kappa shape index (κ3) is 7.73. The van der Waals surface area contributed by atoms with Crippen LogP contribution in [0.4, 0.5) is 5.95 Å². The van der Waals surface area contributed by atoms with Crippen LogP contribution < -0.4 is 25.6 Å². The number of aromatic nitrogens is 4. The van der Waals surface area contributed by atoms with Gasteiger partial charge in [0.15, 0.2) is 6.61 Å². The molecule has 0 spiro atoms. The molecule has 2 aliphatic rings. The normalized spacial score (nSPS) is 19.6. The number of carbonyl (C=O) groups excluding carboxylic acids is 3. The standard InChI is InChI=1S/C35H42N8O5/c1-47-20-5-13-35(33(46)40-26-11-17-42(18-12-26)34-37-14-6-15-38-34)22-25-7-4-8-27(21-25)48-23-30(44)36-16-19-43-31(32(45)39-24-35)28-9-2-3-10-29(28)41-43/h2-4,6-10,14-15,21,26H,5,11-13,16-20,22-24H2,1H3,(H,36,44)(H,39,45)(H,40,46). The molecule has 1 atom stereocenters. The lowest BCUT2D eigenvalue weighted by atomic mass is 9.76. The molecule has 3 N–H and O–H groups in total. The zero-order valence-corrected chi connectivity index (χ0v) is 27.2. The van der Waals surface area contributed by atoms with Gasteiger partial charge in [-0.1, -0.05) is 30.3 Å². The van der Waals surface area contributed by atoms with Crippen LogP contribution in [0.3, 0.4) is 0 Å². The van der Waals surface area contributed by atoms with Crippen molar-refractivity contribution in [3.63, 3.8) is 0 Å². The van der Waals surface area contributed by atoms with Crippen molar-refractivity contribution in [3.8, 4) is 5.75 Å². The summed E-state index contributed by atoms with van der Waals surface area (Å²) in [5, 5.41) is 14.7. The number of fused-ring (bicyclic) bond motifs is 5. The van der Waals surface area contributed by atoms with Crippen LogP contribution in [-0.2, 0) is 27.3 Å². The van der Waals surface area contributed by atoms with Gasteiger partial charge in [0.25, 0.3) is 11.8 Å². The molecule has 13 nitrogen and oxygen atoms in total. The summed E-state index contributed by atoms with van der Waals surface area (Å²) in [6.45, 7) is 2.37. The summed E-state index contributed by atoms with van der Waals surface area (Å²) in [7, 11) is 1.64. The van der Waals surface area contributed by atoms with Crippen molar-refractivity contribution in [3.05, 3.63) is 78.2 Å². The van der Waals surface area contributed by atoms with Gasteiger partial charge in [-0.15, -0.1) is 0 Å². The monoisotopic (exact) mass is 654 g/mol. The van der Waals surface area contributed by atoms with E-state index in [9.17, 15) is 14.4 Å². The molecule has 252 valence electrons. The topological polar surface area (TPSA) is 153 Å². The Labute approximate surface area is 279 Å². The molecule has 4 heterocycles. The van der Waals surface area contributed by atoms with E-state index in [1.165, 1.54) is 0 Å². The average molecular weight is 655 g/mol. The Morgan fingerprint density at radius 1 is 1.04 bits per heavy atom. The summed E-state index contributed by atoms with van der Waals surface area (Å²) in [5.41, 5.74) is 0.893. The number of nitrogens with one attached hydrogen (secondary N) is 3. The van der Waals surface area contributed by atoms with Crippen LogP contribution in [0.25, 0.3) is 10.9 Å². The van der Waals surface area contributed by atoms with Gasteiger partial charge in [0.05, 0.1) is 17.5 Å². The smallest absolute Gasteiger partial charge is 0.270 e. The highest BCUT2D eigenvalue weighted by atomic mass is 16.5. The van der Waals surface area contributed by atoms with Gasteiger partial charge >= 0.3 is 0 Å². The number of amides is 3. The molecule has 4 aromatic rings. The number of nitrogens with zero attached hydrogens (tertiary/aromatic N) is 5. The summed E-state index contributed by atoms with van der Waals surface area (Å²) in [4.78, 5) is 52.2. The minimum atomic E-state index is -1.01. The first-order valence-electron chi connectivity index (χ1n) is 16.5.